The van der Waals surface area contributed by atoms with Crippen molar-refractivity contribution in [3.05, 3.63) is 77.4 Å². The van der Waals surface area contributed by atoms with E-state index in [1.165, 1.54) is 23.1 Å². The van der Waals surface area contributed by atoms with Gasteiger partial charge in [0.05, 0.1) is 24.3 Å². The zero-order valence-corrected chi connectivity index (χ0v) is 16.6. The number of nitrogens with zero attached hydrogens (tertiary/aromatic N) is 3. The minimum atomic E-state index is -0.436. The van der Waals surface area contributed by atoms with Gasteiger partial charge in [0.25, 0.3) is 0 Å². The molecule has 0 aliphatic rings. The number of hydrogen-bond donors (Lipinski definition) is 1. The number of benzene rings is 2. The fourth-order valence-corrected chi connectivity index (χ4v) is 3.11. The molecule has 2 aromatic carbocycles. The molecule has 0 aliphatic carbocycles. The summed E-state index contributed by atoms with van der Waals surface area (Å²) in [5.74, 6) is -1.02. The average Bonchev–Trinajstić information content (AvgIpc) is 2.96. The Morgan fingerprint density at radius 1 is 1.10 bits per heavy atom. The molecule has 0 radical (unpaired) electrons. The highest BCUT2D eigenvalue weighted by molar-refractivity contribution is 5.94. The van der Waals surface area contributed by atoms with Crippen LogP contribution in [0.3, 0.4) is 0 Å². The summed E-state index contributed by atoms with van der Waals surface area (Å²) in [6.45, 7) is 3.66. The van der Waals surface area contributed by atoms with E-state index in [2.05, 4.69) is 10.4 Å². The van der Waals surface area contributed by atoms with Crippen LogP contribution in [0.1, 0.15) is 17.0 Å². The van der Waals surface area contributed by atoms with Crippen LogP contribution in [0.25, 0.3) is 5.69 Å². The number of amides is 2. The number of anilines is 1. The summed E-state index contributed by atoms with van der Waals surface area (Å²) in [5.41, 5.74) is 3.79. The lowest BCUT2D eigenvalue weighted by molar-refractivity contribution is -0.132. The number of rotatable bonds is 6. The molecule has 0 aliphatic heterocycles. The molecular formula is C22H23FN4O2. The molecule has 3 rings (SSSR count). The zero-order valence-electron chi connectivity index (χ0n) is 16.6. The topological polar surface area (TPSA) is 67.2 Å². The average molecular weight is 394 g/mol. The highest BCUT2D eigenvalue weighted by atomic mass is 19.1. The second-order valence-electron chi connectivity index (χ2n) is 6.88. The van der Waals surface area contributed by atoms with E-state index >= 15 is 0 Å². The Morgan fingerprint density at radius 2 is 1.83 bits per heavy atom. The van der Waals surface area contributed by atoms with Crippen molar-refractivity contribution in [3.63, 3.8) is 0 Å². The van der Waals surface area contributed by atoms with E-state index in [0.29, 0.717) is 5.69 Å². The second-order valence-corrected chi connectivity index (χ2v) is 6.88. The lowest BCUT2D eigenvalue weighted by Gasteiger charge is -2.17. The number of carbonyl (C=O) groups is 2. The van der Waals surface area contributed by atoms with Gasteiger partial charge in [-0.15, -0.1) is 0 Å². The molecule has 2 amide bonds. The first-order valence-electron chi connectivity index (χ1n) is 9.25. The van der Waals surface area contributed by atoms with Crippen molar-refractivity contribution in [3.8, 4) is 5.69 Å². The number of aromatic nitrogens is 2. The van der Waals surface area contributed by atoms with Gasteiger partial charge in [0.15, 0.2) is 0 Å². The fourth-order valence-electron chi connectivity index (χ4n) is 3.11. The van der Waals surface area contributed by atoms with Gasteiger partial charge < -0.3 is 10.2 Å². The quantitative estimate of drug-likeness (QED) is 0.698. The predicted molar refractivity (Wildman–Crippen MR) is 109 cm³/mol. The van der Waals surface area contributed by atoms with Gasteiger partial charge in [-0.25, -0.2) is 9.07 Å². The Bertz CT molecular complexity index is 1030. The molecule has 6 nitrogen and oxygen atoms in total. The summed E-state index contributed by atoms with van der Waals surface area (Å²) >= 11 is 0. The van der Waals surface area contributed by atoms with Crippen LogP contribution in [0.2, 0.25) is 0 Å². The Hall–Kier alpha value is -3.48. The third kappa shape index (κ3) is 4.87. The van der Waals surface area contributed by atoms with Crippen LogP contribution in [0.4, 0.5) is 10.1 Å². The van der Waals surface area contributed by atoms with Crippen LogP contribution in [-0.4, -0.2) is 40.1 Å². The number of aryl methyl sites for hydroxylation is 1. The summed E-state index contributed by atoms with van der Waals surface area (Å²) in [6, 6.07) is 15.3. The first-order chi connectivity index (χ1) is 13.8. The van der Waals surface area contributed by atoms with E-state index in [1.54, 1.807) is 13.1 Å². The molecule has 7 heteroatoms. The maximum absolute atomic E-state index is 13.2. The first kappa shape index (κ1) is 20.3. The van der Waals surface area contributed by atoms with Crippen LogP contribution in [0.5, 0.6) is 0 Å². The van der Waals surface area contributed by atoms with Crippen molar-refractivity contribution in [1.82, 2.24) is 14.7 Å². The highest BCUT2D eigenvalue weighted by Gasteiger charge is 2.19. The second kappa shape index (κ2) is 8.68. The van der Waals surface area contributed by atoms with Crippen LogP contribution >= 0.6 is 0 Å². The van der Waals surface area contributed by atoms with Gasteiger partial charge >= 0.3 is 0 Å². The zero-order chi connectivity index (χ0) is 21.0. The molecule has 150 valence electrons. The first-order valence-corrected chi connectivity index (χ1v) is 9.25. The molecule has 29 heavy (non-hydrogen) atoms. The summed E-state index contributed by atoms with van der Waals surface area (Å²) in [5, 5.41) is 7.14. The Balaban J connectivity index is 1.65. The number of carbonyl (C=O) groups excluding carboxylic acids is 2. The number of halogens is 1. The monoisotopic (exact) mass is 394 g/mol. The van der Waals surface area contributed by atoms with Gasteiger partial charge in [0.2, 0.25) is 11.8 Å². The molecule has 0 saturated carbocycles. The smallest absolute Gasteiger partial charge is 0.243 e. The van der Waals surface area contributed by atoms with E-state index in [9.17, 15) is 14.0 Å². The largest absolute Gasteiger partial charge is 0.336 e. The number of nitrogens with one attached hydrogen (secondary N) is 1. The Morgan fingerprint density at radius 3 is 2.52 bits per heavy atom. The maximum Gasteiger partial charge on any atom is 0.243 e. The number of para-hydroxylation sites is 1. The Kier molecular flexibility index (Phi) is 6.07. The van der Waals surface area contributed by atoms with Crippen LogP contribution in [-0.2, 0) is 16.0 Å². The molecule has 0 bridgehead atoms. The SMILES string of the molecule is Cc1nn(-c2ccccc2)c(C)c1CC(=O)N(C)CC(=O)Nc1cccc(F)c1. The normalized spacial score (nSPS) is 10.6. The lowest BCUT2D eigenvalue weighted by atomic mass is 10.1. The molecule has 3 aromatic rings. The van der Waals surface area contributed by atoms with Gasteiger partial charge in [0, 0.05) is 24.0 Å². The number of hydrogen-bond acceptors (Lipinski definition) is 3. The molecule has 0 atom stereocenters. The fraction of sp³-hybridized carbons (Fsp3) is 0.227. The van der Waals surface area contributed by atoms with Gasteiger partial charge in [-0.2, -0.15) is 5.10 Å². The minimum absolute atomic E-state index is 0.125. The lowest BCUT2D eigenvalue weighted by Crippen LogP contribution is -2.36. The molecule has 1 heterocycles. The summed E-state index contributed by atoms with van der Waals surface area (Å²) in [4.78, 5) is 26.2. The third-order valence-corrected chi connectivity index (χ3v) is 4.68. The van der Waals surface area contributed by atoms with Gasteiger partial charge in [-0.3, -0.25) is 9.59 Å². The summed E-state index contributed by atoms with van der Waals surface area (Å²) < 4.78 is 15.0. The van der Waals surface area contributed by atoms with Crippen molar-refractivity contribution in [2.75, 3.05) is 18.9 Å². The van der Waals surface area contributed by atoms with Crippen molar-refractivity contribution >= 4 is 17.5 Å². The minimum Gasteiger partial charge on any atom is -0.336 e. The van der Waals surface area contributed by atoms with Crippen molar-refractivity contribution < 1.29 is 14.0 Å². The van der Waals surface area contributed by atoms with E-state index in [0.717, 1.165) is 22.6 Å². The van der Waals surface area contributed by atoms with Crippen molar-refractivity contribution in [1.29, 1.82) is 0 Å². The van der Waals surface area contributed by atoms with Crippen LogP contribution in [0.15, 0.2) is 54.6 Å². The van der Waals surface area contributed by atoms with Gasteiger partial charge in [-0.1, -0.05) is 24.3 Å². The van der Waals surface area contributed by atoms with E-state index < -0.39 is 5.82 Å². The molecular weight excluding hydrogens is 371 g/mol. The molecule has 0 unspecified atom stereocenters. The predicted octanol–water partition coefficient (Wildman–Crippen LogP) is 3.27. The van der Waals surface area contributed by atoms with Crippen LogP contribution in [0, 0.1) is 19.7 Å². The van der Waals surface area contributed by atoms with Crippen LogP contribution < -0.4 is 5.32 Å². The molecule has 0 saturated heterocycles. The Labute approximate surface area is 169 Å². The molecule has 1 aromatic heterocycles. The van der Waals surface area contributed by atoms with E-state index in [1.807, 2.05) is 48.9 Å². The van der Waals surface area contributed by atoms with E-state index in [-0.39, 0.29) is 24.8 Å². The third-order valence-electron chi connectivity index (χ3n) is 4.68. The molecule has 1 N–H and O–H groups in total. The standard InChI is InChI=1S/C22H23FN4O2/c1-15-20(16(2)27(25-15)19-10-5-4-6-11-19)13-22(29)26(3)14-21(28)24-18-9-7-8-17(23)12-18/h4-12H,13-14H2,1-3H3,(H,24,28). The van der Waals surface area contributed by atoms with Gasteiger partial charge in [-0.05, 0) is 44.2 Å². The van der Waals surface area contributed by atoms with Crippen molar-refractivity contribution in [2.24, 2.45) is 0 Å². The summed E-state index contributed by atoms with van der Waals surface area (Å²) in [6.07, 6.45) is 0.147. The van der Waals surface area contributed by atoms with E-state index in [4.69, 9.17) is 0 Å². The highest BCUT2D eigenvalue weighted by Crippen LogP contribution is 2.19. The van der Waals surface area contributed by atoms with Gasteiger partial charge in [0.1, 0.15) is 5.82 Å². The number of likely N-dealkylation sites (N-methyl/N-ethyl adjacent to an activating group) is 1. The molecule has 0 fully saturated rings. The maximum atomic E-state index is 13.2. The summed E-state index contributed by atoms with van der Waals surface area (Å²) in [7, 11) is 1.57. The molecule has 0 spiro atoms. The van der Waals surface area contributed by atoms with Crippen molar-refractivity contribution in [2.45, 2.75) is 20.3 Å².